The lowest BCUT2D eigenvalue weighted by molar-refractivity contribution is 0.0894. The predicted molar refractivity (Wildman–Crippen MR) is 80.1 cm³/mol. The van der Waals surface area contributed by atoms with Gasteiger partial charge in [0.1, 0.15) is 6.10 Å². The fourth-order valence-corrected chi connectivity index (χ4v) is 4.92. The minimum atomic E-state index is -2.13. The average molecular weight is 306 g/mol. The molecular formula is C14H30O5Si. The van der Waals surface area contributed by atoms with Gasteiger partial charge in [-0.3, -0.25) is 0 Å². The van der Waals surface area contributed by atoms with Gasteiger partial charge in [0.2, 0.25) is 0 Å². The smallest absolute Gasteiger partial charge is 0.335 e. The second-order valence-corrected chi connectivity index (χ2v) is 8.79. The summed E-state index contributed by atoms with van der Waals surface area (Å²) >= 11 is 0. The van der Waals surface area contributed by atoms with Crippen molar-refractivity contribution in [3.8, 4) is 0 Å². The Kier molecular flexibility index (Phi) is 8.91. The molecule has 3 unspecified atom stereocenters. The Hall–Kier alpha value is 0.0169. The van der Waals surface area contributed by atoms with E-state index in [2.05, 4.69) is 13.5 Å². The molecule has 0 aromatic heterocycles. The number of hydrogen-bond donors (Lipinski definition) is 1. The van der Waals surface area contributed by atoms with Crippen molar-refractivity contribution in [2.45, 2.75) is 57.9 Å². The summed E-state index contributed by atoms with van der Waals surface area (Å²) in [5, 5.41) is 8.97. The van der Waals surface area contributed by atoms with Gasteiger partial charge in [-0.25, -0.2) is 0 Å². The molecule has 20 heavy (non-hydrogen) atoms. The van der Waals surface area contributed by atoms with Crippen molar-refractivity contribution in [3.05, 3.63) is 0 Å². The predicted octanol–water partition coefficient (Wildman–Crippen LogP) is 2.08. The summed E-state index contributed by atoms with van der Waals surface area (Å²) < 4.78 is 22.6. The van der Waals surface area contributed by atoms with Crippen LogP contribution in [0.25, 0.3) is 0 Å². The lowest BCUT2D eigenvalue weighted by atomic mass is 10.2. The van der Waals surface area contributed by atoms with Crippen LogP contribution >= 0.6 is 0 Å². The molecule has 1 fully saturated rings. The van der Waals surface area contributed by atoms with Gasteiger partial charge in [0.25, 0.3) is 0 Å². The molecule has 120 valence electrons. The standard InChI is InChI=1S/C14H30O5Si/c1-4-18-20(3,10-6-8-15)19-13(2)7-5-9-16-11-14-12-17-14/h13-15H,4-12H2,1-3H3. The van der Waals surface area contributed by atoms with Gasteiger partial charge in [-0.1, -0.05) is 0 Å². The number of aliphatic hydroxyl groups excluding tert-OH is 1. The van der Waals surface area contributed by atoms with Crippen LogP contribution in [-0.2, 0) is 18.3 Å². The summed E-state index contributed by atoms with van der Waals surface area (Å²) in [4.78, 5) is 0. The largest absolute Gasteiger partial charge is 0.396 e. The van der Waals surface area contributed by atoms with Crippen LogP contribution in [0.5, 0.6) is 0 Å². The van der Waals surface area contributed by atoms with E-state index in [0.717, 1.165) is 45.1 Å². The highest BCUT2D eigenvalue weighted by Crippen LogP contribution is 2.19. The zero-order valence-electron chi connectivity index (χ0n) is 13.1. The van der Waals surface area contributed by atoms with Crippen molar-refractivity contribution >= 4 is 8.56 Å². The number of ether oxygens (including phenoxy) is 2. The van der Waals surface area contributed by atoms with Gasteiger partial charge in [0, 0.05) is 25.9 Å². The molecule has 1 heterocycles. The Morgan fingerprint density at radius 3 is 2.75 bits per heavy atom. The van der Waals surface area contributed by atoms with Crippen molar-refractivity contribution in [1.29, 1.82) is 0 Å². The first kappa shape index (κ1) is 18.1. The van der Waals surface area contributed by atoms with E-state index < -0.39 is 8.56 Å². The molecule has 0 amide bonds. The monoisotopic (exact) mass is 306 g/mol. The number of hydrogen-bond acceptors (Lipinski definition) is 5. The molecular weight excluding hydrogens is 276 g/mol. The Labute approximate surface area is 123 Å². The second kappa shape index (κ2) is 9.86. The maximum atomic E-state index is 8.97. The molecule has 0 saturated carbocycles. The molecule has 5 nitrogen and oxygen atoms in total. The van der Waals surface area contributed by atoms with Gasteiger partial charge in [0.15, 0.2) is 0 Å². The number of epoxide rings is 1. The summed E-state index contributed by atoms with van der Waals surface area (Å²) in [7, 11) is -2.13. The first-order chi connectivity index (χ1) is 9.59. The highest BCUT2D eigenvalue weighted by molar-refractivity contribution is 6.66. The van der Waals surface area contributed by atoms with Crippen LogP contribution in [0.2, 0.25) is 12.6 Å². The third-order valence-corrected chi connectivity index (χ3v) is 6.36. The molecule has 3 atom stereocenters. The Morgan fingerprint density at radius 1 is 1.40 bits per heavy atom. The second-order valence-electron chi connectivity index (χ2n) is 5.49. The maximum Gasteiger partial charge on any atom is 0.335 e. The van der Waals surface area contributed by atoms with Crippen LogP contribution in [0.3, 0.4) is 0 Å². The molecule has 1 N–H and O–H groups in total. The van der Waals surface area contributed by atoms with Gasteiger partial charge >= 0.3 is 8.56 Å². The van der Waals surface area contributed by atoms with Gasteiger partial charge in [-0.15, -0.1) is 0 Å². The molecule has 1 aliphatic heterocycles. The van der Waals surface area contributed by atoms with E-state index in [1.807, 2.05) is 6.92 Å². The SMILES string of the molecule is CCO[Si](C)(CCCO)OC(C)CCCOCC1CO1. The first-order valence-electron chi connectivity index (χ1n) is 7.71. The van der Waals surface area contributed by atoms with Gasteiger partial charge in [0.05, 0.1) is 13.2 Å². The summed E-state index contributed by atoms with van der Waals surface area (Å²) in [6.45, 7) is 9.37. The van der Waals surface area contributed by atoms with Crippen molar-refractivity contribution < 1.29 is 23.4 Å². The number of rotatable bonds is 13. The van der Waals surface area contributed by atoms with Crippen LogP contribution in [0, 0.1) is 0 Å². The van der Waals surface area contributed by atoms with Crippen molar-refractivity contribution in [1.82, 2.24) is 0 Å². The first-order valence-corrected chi connectivity index (χ1v) is 10.2. The average Bonchev–Trinajstić information content (AvgIpc) is 3.20. The van der Waals surface area contributed by atoms with Crippen LogP contribution in [0.4, 0.5) is 0 Å². The lowest BCUT2D eigenvalue weighted by Gasteiger charge is -2.30. The van der Waals surface area contributed by atoms with Crippen molar-refractivity contribution in [2.75, 3.05) is 33.0 Å². The van der Waals surface area contributed by atoms with Crippen LogP contribution in [0.15, 0.2) is 0 Å². The molecule has 0 aromatic rings. The molecule has 0 radical (unpaired) electrons. The zero-order chi connectivity index (χ0) is 14.8. The minimum absolute atomic E-state index is 0.178. The molecule has 0 bridgehead atoms. The van der Waals surface area contributed by atoms with Gasteiger partial charge in [-0.2, -0.15) is 0 Å². The fourth-order valence-electron chi connectivity index (χ4n) is 2.21. The van der Waals surface area contributed by atoms with E-state index in [-0.39, 0.29) is 12.7 Å². The minimum Gasteiger partial charge on any atom is -0.396 e. The molecule has 6 heteroatoms. The Morgan fingerprint density at radius 2 is 2.15 bits per heavy atom. The highest BCUT2D eigenvalue weighted by Gasteiger charge is 2.32. The van der Waals surface area contributed by atoms with Gasteiger partial charge in [-0.05, 0) is 45.7 Å². The van der Waals surface area contributed by atoms with Gasteiger partial charge < -0.3 is 23.4 Å². The van der Waals surface area contributed by atoms with Crippen molar-refractivity contribution in [2.24, 2.45) is 0 Å². The molecule has 1 aliphatic rings. The Balaban J connectivity index is 2.13. The quantitative estimate of drug-likeness (QED) is 0.321. The molecule has 0 aliphatic carbocycles. The van der Waals surface area contributed by atoms with Crippen LogP contribution in [0.1, 0.15) is 33.1 Å². The van der Waals surface area contributed by atoms with E-state index in [4.69, 9.17) is 23.4 Å². The third kappa shape index (κ3) is 8.34. The van der Waals surface area contributed by atoms with E-state index in [1.54, 1.807) is 0 Å². The van der Waals surface area contributed by atoms with E-state index in [1.165, 1.54) is 0 Å². The van der Waals surface area contributed by atoms with Crippen LogP contribution < -0.4 is 0 Å². The summed E-state index contributed by atoms with van der Waals surface area (Å²) in [5.74, 6) is 0. The molecule has 1 saturated heterocycles. The summed E-state index contributed by atoms with van der Waals surface area (Å²) in [6, 6.07) is 0.844. The van der Waals surface area contributed by atoms with E-state index in [0.29, 0.717) is 12.7 Å². The highest BCUT2D eigenvalue weighted by atomic mass is 28.4. The fraction of sp³-hybridized carbons (Fsp3) is 1.00. The zero-order valence-corrected chi connectivity index (χ0v) is 14.1. The van der Waals surface area contributed by atoms with E-state index in [9.17, 15) is 0 Å². The topological polar surface area (TPSA) is 60.5 Å². The number of aliphatic hydroxyl groups is 1. The summed E-state index contributed by atoms with van der Waals surface area (Å²) in [6.07, 6.45) is 3.23. The molecule has 0 aromatic carbocycles. The van der Waals surface area contributed by atoms with Crippen molar-refractivity contribution in [3.63, 3.8) is 0 Å². The maximum absolute atomic E-state index is 8.97. The molecule has 0 spiro atoms. The third-order valence-electron chi connectivity index (χ3n) is 3.29. The van der Waals surface area contributed by atoms with Crippen LogP contribution in [-0.4, -0.2) is 58.9 Å². The lowest BCUT2D eigenvalue weighted by Crippen LogP contribution is -2.41. The summed E-state index contributed by atoms with van der Waals surface area (Å²) in [5.41, 5.74) is 0. The Bertz CT molecular complexity index is 250. The van der Waals surface area contributed by atoms with E-state index >= 15 is 0 Å². The molecule has 1 rings (SSSR count). The normalized spacial score (nSPS) is 22.5.